The second-order valence-electron chi connectivity index (χ2n) is 6.51. The molecule has 23 heavy (non-hydrogen) atoms. The summed E-state index contributed by atoms with van der Waals surface area (Å²) in [4.78, 5) is 2.55. The van der Waals surface area contributed by atoms with Gasteiger partial charge in [0.25, 0.3) is 0 Å². The first-order valence-corrected chi connectivity index (χ1v) is 9.01. The summed E-state index contributed by atoms with van der Waals surface area (Å²) >= 11 is 0. The van der Waals surface area contributed by atoms with Crippen LogP contribution < -0.4 is 0 Å². The van der Waals surface area contributed by atoms with Gasteiger partial charge in [-0.3, -0.25) is 9.58 Å². The van der Waals surface area contributed by atoms with Crippen molar-refractivity contribution in [1.29, 1.82) is 0 Å². The summed E-state index contributed by atoms with van der Waals surface area (Å²) in [6.07, 6.45) is 11.2. The van der Waals surface area contributed by atoms with E-state index in [0.29, 0.717) is 6.04 Å². The third-order valence-electron chi connectivity index (χ3n) is 4.68. The van der Waals surface area contributed by atoms with Crippen molar-refractivity contribution in [2.24, 2.45) is 0 Å². The highest BCUT2D eigenvalue weighted by Gasteiger charge is 2.26. The van der Waals surface area contributed by atoms with Crippen molar-refractivity contribution in [2.45, 2.75) is 71.5 Å². The molecule has 2 aromatic rings. The van der Waals surface area contributed by atoms with Crippen LogP contribution >= 0.6 is 0 Å². The molecule has 5 nitrogen and oxygen atoms in total. The highest BCUT2D eigenvalue weighted by molar-refractivity contribution is 5.12. The Hall–Kier alpha value is -1.62. The minimum Gasteiger partial charge on any atom is -0.361 e. The van der Waals surface area contributed by atoms with Gasteiger partial charge >= 0.3 is 0 Å². The van der Waals surface area contributed by atoms with E-state index < -0.39 is 0 Å². The number of likely N-dealkylation sites (tertiary alicyclic amines) is 1. The maximum atomic E-state index is 5.53. The third-order valence-corrected chi connectivity index (χ3v) is 4.68. The average Bonchev–Trinajstić information content (AvgIpc) is 3.14. The first-order chi connectivity index (χ1) is 11.3. The van der Waals surface area contributed by atoms with Crippen LogP contribution in [0.4, 0.5) is 0 Å². The molecule has 0 bridgehead atoms. The van der Waals surface area contributed by atoms with Gasteiger partial charge in [-0.1, -0.05) is 24.9 Å². The molecular weight excluding hydrogens is 288 g/mol. The fourth-order valence-corrected chi connectivity index (χ4v) is 3.44. The van der Waals surface area contributed by atoms with Crippen LogP contribution in [0.25, 0.3) is 0 Å². The van der Waals surface area contributed by atoms with Crippen LogP contribution in [0.15, 0.2) is 23.0 Å². The molecule has 0 N–H and O–H groups in total. The zero-order valence-electron chi connectivity index (χ0n) is 14.4. The van der Waals surface area contributed by atoms with Gasteiger partial charge in [0.2, 0.25) is 0 Å². The molecule has 0 aliphatic carbocycles. The molecule has 0 aromatic carbocycles. The van der Waals surface area contributed by atoms with Gasteiger partial charge in [0.1, 0.15) is 11.5 Å². The lowest BCUT2D eigenvalue weighted by molar-refractivity contribution is 0.183. The maximum absolute atomic E-state index is 5.53. The van der Waals surface area contributed by atoms with Crippen LogP contribution in [-0.4, -0.2) is 26.4 Å². The predicted octanol–water partition coefficient (Wildman–Crippen LogP) is 3.96. The van der Waals surface area contributed by atoms with Crippen LogP contribution in [0.1, 0.15) is 69.0 Å². The Morgan fingerprint density at radius 3 is 2.96 bits per heavy atom. The monoisotopic (exact) mass is 316 g/mol. The molecule has 0 amide bonds. The standard InChI is InChI=1S/C18H28N4O/c1-3-8-16-11-17(20-23-16)18-9-6-5-7-10-21(18)13-15-12-19-22(4-2)14-15/h11-12,14,18H,3-10,13H2,1-2H3/t18-/m0/s1. The molecule has 3 heterocycles. The largest absolute Gasteiger partial charge is 0.361 e. The second kappa shape index (κ2) is 7.77. The van der Waals surface area contributed by atoms with Gasteiger partial charge in [-0.2, -0.15) is 5.10 Å². The number of aryl methyl sites for hydroxylation is 2. The van der Waals surface area contributed by atoms with E-state index in [9.17, 15) is 0 Å². The van der Waals surface area contributed by atoms with Gasteiger partial charge in [-0.15, -0.1) is 0 Å². The SMILES string of the molecule is CCCc1cc([C@@H]2CCCCCN2Cc2cnn(CC)c2)no1. The van der Waals surface area contributed by atoms with E-state index in [0.717, 1.165) is 43.9 Å². The molecule has 0 radical (unpaired) electrons. The lowest BCUT2D eigenvalue weighted by Crippen LogP contribution is -2.28. The number of rotatable bonds is 6. The van der Waals surface area contributed by atoms with Crippen molar-refractivity contribution >= 4 is 0 Å². The fourth-order valence-electron chi connectivity index (χ4n) is 3.44. The fraction of sp³-hybridized carbons (Fsp3) is 0.667. The van der Waals surface area contributed by atoms with E-state index >= 15 is 0 Å². The van der Waals surface area contributed by atoms with Gasteiger partial charge in [0, 0.05) is 37.3 Å². The summed E-state index contributed by atoms with van der Waals surface area (Å²) in [7, 11) is 0. The Kier molecular flexibility index (Phi) is 5.49. The molecule has 1 fully saturated rings. The van der Waals surface area contributed by atoms with E-state index in [1.165, 1.54) is 31.2 Å². The van der Waals surface area contributed by atoms with Crippen LogP contribution in [0.5, 0.6) is 0 Å². The summed E-state index contributed by atoms with van der Waals surface area (Å²) in [5.41, 5.74) is 2.40. The van der Waals surface area contributed by atoms with Gasteiger partial charge in [0.15, 0.2) is 0 Å². The normalized spacial score (nSPS) is 19.8. The quantitative estimate of drug-likeness (QED) is 0.809. The highest BCUT2D eigenvalue weighted by Crippen LogP contribution is 2.31. The average molecular weight is 316 g/mol. The van der Waals surface area contributed by atoms with Crippen molar-refractivity contribution in [3.05, 3.63) is 35.5 Å². The molecular formula is C18H28N4O. The highest BCUT2D eigenvalue weighted by atomic mass is 16.5. The second-order valence-corrected chi connectivity index (χ2v) is 6.51. The summed E-state index contributed by atoms with van der Waals surface area (Å²) in [6, 6.07) is 2.54. The van der Waals surface area contributed by atoms with E-state index in [-0.39, 0.29) is 0 Å². The number of aromatic nitrogens is 3. The van der Waals surface area contributed by atoms with Crippen LogP contribution in [0, 0.1) is 0 Å². The van der Waals surface area contributed by atoms with Crippen molar-refractivity contribution in [1.82, 2.24) is 19.8 Å². The van der Waals surface area contributed by atoms with Crippen molar-refractivity contribution < 1.29 is 4.52 Å². The minimum atomic E-state index is 0.372. The lowest BCUT2D eigenvalue weighted by Gasteiger charge is -2.27. The molecule has 126 valence electrons. The lowest BCUT2D eigenvalue weighted by atomic mass is 10.1. The molecule has 0 spiro atoms. The van der Waals surface area contributed by atoms with Crippen LogP contribution in [-0.2, 0) is 19.5 Å². The molecule has 1 aliphatic rings. The summed E-state index contributed by atoms with van der Waals surface area (Å²) in [5.74, 6) is 1.02. The summed E-state index contributed by atoms with van der Waals surface area (Å²) in [5, 5.41) is 8.78. The van der Waals surface area contributed by atoms with Crippen LogP contribution in [0.2, 0.25) is 0 Å². The Morgan fingerprint density at radius 1 is 1.26 bits per heavy atom. The Balaban J connectivity index is 1.76. The van der Waals surface area contributed by atoms with E-state index in [1.807, 2.05) is 10.9 Å². The van der Waals surface area contributed by atoms with Crippen molar-refractivity contribution in [3.63, 3.8) is 0 Å². The van der Waals surface area contributed by atoms with Crippen molar-refractivity contribution in [3.8, 4) is 0 Å². The Labute approximate surface area is 138 Å². The summed E-state index contributed by atoms with van der Waals surface area (Å²) < 4.78 is 7.52. The third kappa shape index (κ3) is 4.02. The molecule has 0 unspecified atom stereocenters. The van der Waals surface area contributed by atoms with Crippen LogP contribution in [0.3, 0.4) is 0 Å². The van der Waals surface area contributed by atoms with Gasteiger partial charge < -0.3 is 4.52 Å². The molecule has 0 saturated carbocycles. The first kappa shape index (κ1) is 16.2. The molecule has 3 rings (SSSR count). The van der Waals surface area contributed by atoms with Gasteiger partial charge in [-0.05, 0) is 32.7 Å². The van der Waals surface area contributed by atoms with Gasteiger partial charge in [0.05, 0.1) is 12.2 Å². The molecule has 1 atom stereocenters. The van der Waals surface area contributed by atoms with E-state index in [4.69, 9.17) is 4.52 Å². The van der Waals surface area contributed by atoms with E-state index in [1.54, 1.807) is 0 Å². The summed E-state index contributed by atoms with van der Waals surface area (Å²) in [6.45, 7) is 7.29. The van der Waals surface area contributed by atoms with Crippen molar-refractivity contribution in [2.75, 3.05) is 6.54 Å². The van der Waals surface area contributed by atoms with Gasteiger partial charge in [-0.25, -0.2) is 0 Å². The maximum Gasteiger partial charge on any atom is 0.137 e. The predicted molar refractivity (Wildman–Crippen MR) is 90.0 cm³/mol. The molecule has 5 heteroatoms. The first-order valence-electron chi connectivity index (χ1n) is 9.01. The number of nitrogens with zero attached hydrogens (tertiary/aromatic N) is 4. The number of hydrogen-bond donors (Lipinski definition) is 0. The Morgan fingerprint density at radius 2 is 2.17 bits per heavy atom. The smallest absolute Gasteiger partial charge is 0.137 e. The molecule has 1 aliphatic heterocycles. The molecule has 2 aromatic heterocycles. The Bertz CT molecular complexity index is 604. The zero-order chi connectivity index (χ0) is 16.1. The topological polar surface area (TPSA) is 47.1 Å². The zero-order valence-corrected chi connectivity index (χ0v) is 14.4. The van der Waals surface area contributed by atoms with E-state index in [2.05, 4.69) is 41.3 Å². The number of hydrogen-bond acceptors (Lipinski definition) is 4. The molecule has 1 saturated heterocycles. The minimum absolute atomic E-state index is 0.372.